The Kier molecular flexibility index (Phi) is 7.91. The predicted molar refractivity (Wildman–Crippen MR) is 153 cm³/mol. The third kappa shape index (κ3) is 6.27. The van der Waals surface area contributed by atoms with E-state index in [2.05, 4.69) is 22.8 Å². The molecule has 1 aliphatic heterocycles. The van der Waals surface area contributed by atoms with Gasteiger partial charge in [-0.15, -0.1) is 0 Å². The fraction of sp³-hybridized carbons (Fsp3) is 0.188. The van der Waals surface area contributed by atoms with Crippen molar-refractivity contribution < 1.29 is 18.0 Å². The molecule has 5 rings (SSSR count). The molecule has 1 unspecified atom stereocenters. The van der Waals surface area contributed by atoms with Gasteiger partial charge in [-0.2, -0.15) is 13.2 Å². The van der Waals surface area contributed by atoms with E-state index in [1.807, 2.05) is 36.4 Å². The third-order valence-corrected chi connectivity index (χ3v) is 7.41. The molecule has 1 heterocycles. The standard InChI is InChI=1S/C32H27F3N2OS/c33-32(34,35)24-13-11-22(12-14-24)26-8-4-5-9-28(26)31(38)37-25-15-16-27-23(20-25)18-19-36-30(27)29(39)17-10-21-6-2-1-3-7-21/h1-9,11-16,20,30,36H,10,17-19H2,(H,37,38). The lowest BCUT2D eigenvalue weighted by Gasteiger charge is -2.28. The smallest absolute Gasteiger partial charge is 0.322 e. The lowest BCUT2D eigenvalue weighted by Crippen LogP contribution is -2.34. The molecular weight excluding hydrogens is 517 g/mol. The maximum Gasteiger partial charge on any atom is 0.416 e. The molecule has 0 fully saturated rings. The number of carbonyl (C=O) groups excluding carboxylic acids is 1. The first-order valence-electron chi connectivity index (χ1n) is 12.8. The van der Waals surface area contributed by atoms with Crippen LogP contribution in [0.2, 0.25) is 0 Å². The highest BCUT2D eigenvalue weighted by atomic mass is 32.1. The molecule has 0 aliphatic carbocycles. The topological polar surface area (TPSA) is 41.1 Å². The average molecular weight is 545 g/mol. The zero-order chi connectivity index (χ0) is 27.4. The van der Waals surface area contributed by atoms with Crippen LogP contribution in [0.3, 0.4) is 0 Å². The molecule has 0 saturated carbocycles. The lowest BCUT2D eigenvalue weighted by molar-refractivity contribution is -0.137. The number of fused-ring (bicyclic) bond motifs is 1. The van der Waals surface area contributed by atoms with Crippen LogP contribution in [0, 0.1) is 0 Å². The number of rotatable bonds is 7. The Hall–Kier alpha value is -3.81. The Bertz CT molecular complexity index is 1480. The number of benzene rings is 4. The number of hydrogen-bond acceptors (Lipinski definition) is 3. The highest BCUT2D eigenvalue weighted by Gasteiger charge is 2.30. The van der Waals surface area contributed by atoms with Gasteiger partial charge in [-0.05, 0) is 77.4 Å². The van der Waals surface area contributed by atoms with Crippen molar-refractivity contribution in [2.24, 2.45) is 0 Å². The summed E-state index contributed by atoms with van der Waals surface area (Å²) in [4.78, 5) is 14.2. The Labute approximate surface area is 231 Å². The van der Waals surface area contributed by atoms with Crippen molar-refractivity contribution in [1.82, 2.24) is 5.32 Å². The van der Waals surface area contributed by atoms with Gasteiger partial charge < -0.3 is 10.6 Å². The van der Waals surface area contributed by atoms with Gasteiger partial charge in [0, 0.05) is 22.7 Å². The predicted octanol–water partition coefficient (Wildman–Crippen LogP) is 7.81. The third-order valence-electron chi connectivity index (χ3n) is 6.97. The van der Waals surface area contributed by atoms with Crippen LogP contribution in [0.4, 0.5) is 18.9 Å². The lowest BCUT2D eigenvalue weighted by atomic mass is 9.90. The van der Waals surface area contributed by atoms with Crippen molar-refractivity contribution in [1.29, 1.82) is 0 Å². The molecule has 0 saturated heterocycles. The van der Waals surface area contributed by atoms with E-state index in [0.717, 1.165) is 53.9 Å². The van der Waals surface area contributed by atoms with Gasteiger partial charge in [-0.25, -0.2) is 0 Å². The molecule has 0 bridgehead atoms. The summed E-state index contributed by atoms with van der Waals surface area (Å²) in [6.07, 6.45) is -1.91. The van der Waals surface area contributed by atoms with Crippen molar-refractivity contribution in [3.05, 3.63) is 125 Å². The summed E-state index contributed by atoms with van der Waals surface area (Å²) in [6, 6.07) is 27.9. The summed E-state index contributed by atoms with van der Waals surface area (Å²) in [7, 11) is 0. The number of alkyl halides is 3. The fourth-order valence-electron chi connectivity index (χ4n) is 4.96. The largest absolute Gasteiger partial charge is 0.416 e. The van der Waals surface area contributed by atoms with Crippen molar-refractivity contribution in [2.75, 3.05) is 11.9 Å². The van der Waals surface area contributed by atoms with Crippen LogP contribution < -0.4 is 10.6 Å². The monoisotopic (exact) mass is 544 g/mol. The van der Waals surface area contributed by atoms with E-state index in [1.54, 1.807) is 24.3 Å². The maximum atomic E-state index is 13.3. The molecule has 1 atom stereocenters. The minimum atomic E-state index is -4.41. The van der Waals surface area contributed by atoms with E-state index in [0.29, 0.717) is 22.4 Å². The summed E-state index contributed by atoms with van der Waals surface area (Å²) in [5, 5.41) is 6.51. The second kappa shape index (κ2) is 11.5. The molecule has 7 heteroatoms. The number of carbonyl (C=O) groups is 1. The molecule has 4 aromatic carbocycles. The number of hydrogen-bond donors (Lipinski definition) is 2. The summed E-state index contributed by atoms with van der Waals surface area (Å²) in [5.74, 6) is -0.325. The molecule has 1 amide bonds. The number of halogens is 3. The molecular formula is C32H27F3N2OS. The number of aryl methyl sites for hydroxylation is 1. The summed E-state index contributed by atoms with van der Waals surface area (Å²) in [5.41, 5.74) is 4.94. The SMILES string of the molecule is O=C(Nc1ccc2c(c1)CCNC2C(=S)CCc1ccccc1)c1ccccc1-c1ccc(C(F)(F)F)cc1. The van der Waals surface area contributed by atoms with Gasteiger partial charge in [-0.1, -0.05) is 78.9 Å². The van der Waals surface area contributed by atoms with Crippen molar-refractivity contribution >= 4 is 28.7 Å². The summed E-state index contributed by atoms with van der Waals surface area (Å²) in [6.45, 7) is 0.789. The minimum absolute atomic E-state index is 0.0161. The van der Waals surface area contributed by atoms with Gasteiger partial charge in [0.05, 0.1) is 11.6 Å². The first-order valence-corrected chi connectivity index (χ1v) is 13.2. The van der Waals surface area contributed by atoms with Gasteiger partial charge in [-0.3, -0.25) is 4.79 Å². The zero-order valence-corrected chi connectivity index (χ0v) is 21.9. The van der Waals surface area contributed by atoms with Crippen molar-refractivity contribution in [3.8, 4) is 11.1 Å². The van der Waals surface area contributed by atoms with E-state index >= 15 is 0 Å². The molecule has 1 aliphatic rings. The Morgan fingerprint density at radius 2 is 1.64 bits per heavy atom. The van der Waals surface area contributed by atoms with E-state index in [9.17, 15) is 18.0 Å². The number of nitrogens with one attached hydrogen (secondary N) is 2. The Morgan fingerprint density at radius 1 is 0.923 bits per heavy atom. The van der Waals surface area contributed by atoms with Gasteiger partial charge >= 0.3 is 6.18 Å². The average Bonchev–Trinajstić information content (AvgIpc) is 2.95. The highest BCUT2D eigenvalue weighted by molar-refractivity contribution is 7.80. The van der Waals surface area contributed by atoms with Crippen LogP contribution in [-0.4, -0.2) is 17.3 Å². The van der Waals surface area contributed by atoms with Crippen LogP contribution in [0.15, 0.2) is 97.1 Å². The number of anilines is 1. The second-order valence-electron chi connectivity index (χ2n) is 9.58. The van der Waals surface area contributed by atoms with E-state index in [4.69, 9.17) is 12.2 Å². The van der Waals surface area contributed by atoms with Gasteiger partial charge in [0.2, 0.25) is 0 Å². The quantitative estimate of drug-likeness (QED) is 0.233. The molecule has 2 N–H and O–H groups in total. The summed E-state index contributed by atoms with van der Waals surface area (Å²) < 4.78 is 39.0. The van der Waals surface area contributed by atoms with Crippen molar-refractivity contribution in [2.45, 2.75) is 31.5 Å². The van der Waals surface area contributed by atoms with E-state index < -0.39 is 11.7 Å². The second-order valence-corrected chi connectivity index (χ2v) is 10.1. The molecule has 39 heavy (non-hydrogen) atoms. The minimum Gasteiger partial charge on any atom is -0.322 e. The van der Waals surface area contributed by atoms with Gasteiger partial charge in [0.25, 0.3) is 5.91 Å². The molecule has 0 spiro atoms. The normalized spacial score (nSPS) is 14.9. The van der Waals surface area contributed by atoms with Crippen LogP contribution in [0.1, 0.15) is 45.1 Å². The maximum absolute atomic E-state index is 13.3. The zero-order valence-electron chi connectivity index (χ0n) is 21.1. The van der Waals surface area contributed by atoms with Gasteiger partial charge in [0.1, 0.15) is 0 Å². The number of amides is 1. The molecule has 3 nitrogen and oxygen atoms in total. The molecule has 0 radical (unpaired) electrons. The molecule has 4 aromatic rings. The van der Waals surface area contributed by atoms with Crippen LogP contribution >= 0.6 is 12.2 Å². The fourth-order valence-corrected chi connectivity index (χ4v) is 5.27. The van der Waals surface area contributed by atoms with Crippen LogP contribution in [0.5, 0.6) is 0 Å². The molecule has 198 valence electrons. The summed E-state index contributed by atoms with van der Waals surface area (Å²) >= 11 is 5.81. The molecule has 0 aromatic heterocycles. The first kappa shape index (κ1) is 26.8. The Balaban J connectivity index is 1.31. The first-order chi connectivity index (χ1) is 18.8. The van der Waals surface area contributed by atoms with Crippen molar-refractivity contribution in [3.63, 3.8) is 0 Å². The van der Waals surface area contributed by atoms with Gasteiger partial charge in [0.15, 0.2) is 0 Å². The van der Waals surface area contributed by atoms with Crippen LogP contribution in [0.25, 0.3) is 11.1 Å². The highest BCUT2D eigenvalue weighted by Crippen LogP contribution is 2.33. The Morgan fingerprint density at radius 3 is 2.38 bits per heavy atom. The van der Waals surface area contributed by atoms with E-state index in [1.165, 1.54) is 17.7 Å². The van der Waals surface area contributed by atoms with E-state index in [-0.39, 0.29) is 11.9 Å². The number of thiocarbonyl (C=S) groups is 1. The van der Waals surface area contributed by atoms with Crippen LogP contribution in [-0.2, 0) is 19.0 Å².